The summed E-state index contributed by atoms with van der Waals surface area (Å²) in [7, 11) is 0. The number of alkyl halides is 1. The topological polar surface area (TPSA) is 94.9 Å². The predicted molar refractivity (Wildman–Crippen MR) is 45.3 cm³/mol. The summed E-state index contributed by atoms with van der Waals surface area (Å²) in [5, 5.41) is 17.6. The van der Waals surface area contributed by atoms with Gasteiger partial charge in [-0.25, -0.2) is 14.0 Å². The smallest absolute Gasteiger partial charge is 0.408 e. The molecule has 0 saturated carbocycles. The van der Waals surface area contributed by atoms with Gasteiger partial charge in [-0.1, -0.05) is 0 Å². The number of hydrogen-bond acceptors (Lipinski definition) is 3. The van der Waals surface area contributed by atoms with Gasteiger partial charge < -0.3 is 15.0 Å². The van der Waals surface area contributed by atoms with E-state index in [9.17, 15) is 18.8 Å². The number of carboxylic acid groups (broad SMARTS) is 2. The summed E-state index contributed by atoms with van der Waals surface area (Å²) in [4.78, 5) is 32.5. The van der Waals surface area contributed by atoms with Gasteiger partial charge in [-0.2, -0.15) is 0 Å². The highest BCUT2D eigenvalue weighted by molar-refractivity contribution is 5.87. The van der Waals surface area contributed by atoms with Gasteiger partial charge in [0.25, 0.3) is 0 Å². The number of carbonyl (C=O) groups is 3. The highest BCUT2D eigenvalue weighted by atomic mass is 19.1. The fourth-order valence-corrected chi connectivity index (χ4v) is 1.80. The largest absolute Gasteiger partial charge is 0.479 e. The minimum absolute atomic E-state index is 0.294. The van der Waals surface area contributed by atoms with Crippen molar-refractivity contribution in [1.29, 1.82) is 0 Å². The lowest BCUT2D eigenvalue weighted by atomic mass is 9.92. The van der Waals surface area contributed by atoms with Gasteiger partial charge in [0.2, 0.25) is 0 Å². The highest BCUT2D eigenvalue weighted by Gasteiger charge is 2.54. The SMILES string of the molecule is O=CCC1(C(=O)O)C[C@H](F)CN1C(=O)O. The number of hydrogen-bond donors (Lipinski definition) is 2. The van der Waals surface area contributed by atoms with Gasteiger partial charge in [0.05, 0.1) is 6.54 Å². The van der Waals surface area contributed by atoms with Crippen LogP contribution in [0.5, 0.6) is 0 Å². The molecule has 84 valence electrons. The molecule has 7 heteroatoms. The van der Waals surface area contributed by atoms with E-state index in [0.717, 1.165) is 0 Å². The van der Waals surface area contributed by atoms with E-state index in [4.69, 9.17) is 10.2 Å². The van der Waals surface area contributed by atoms with Gasteiger partial charge in [-0.15, -0.1) is 0 Å². The zero-order valence-electron chi connectivity index (χ0n) is 7.72. The third kappa shape index (κ3) is 1.77. The Kier molecular flexibility index (Phi) is 2.92. The van der Waals surface area contributed by atoms with Crippen LogP contribution in [0.3, 0.4) is 0 Å². The van der Waals surface area contributed by atoms with Gasteiger partial charge in [0, 0.05) is 12.8 Å². The Morgan fingerprint density at radius 2 is 2.13 bits per heavy atom. The highest BCUT2D eigenvalue weighted by Crippen LogP contribution is 2.34. The predicted octanol–water partition coefficient (Wildman–Crippen LogP) is 0.121. The molecule has 15 heavy (non-hydrogen) atoms. The van der Waals surface area contributed by atoms with Crippen molar-refractivity contribution in [3.8, 4) is 0 Å². The number of nitrogens with zero attached hydrogens (tertiary/aromatic N) is 1. The molecule has 1 rings (SSSR count). The van der Waals surface area contributed by atoms with Crippen molar-refractivity contribution in [2.45, 2.75) is 24.6 Å². The summed E-state index contributed by atoms with van der Waals surface area (Å²) in [6.45, 7) is -0.504. The molecule has 0 aliphatic carbocycles. The molecule has 0 radical (unpaired) electrons. The van der Waals surface area contributed by atoms with E-state index in [-0.39, 0.29) is 0 Å². The molecule has 1 saturated heterocycles. The molecule has 6 nitrogen and oxygen atoms in total. The first-order valence-electron chi connectivity index (χ1n) is 4.25. The molecule has 1 aliphatic rings. The normalized spacial score (nSPS) is 30.2. The maximum atomic E-state index is 13.0. The van der Waals surface area contributed by atoms with Crippen molar-refractivity contribution in [2.75, 3.05) is 6.54 Å². The molecular weight excluding hydrogens is 209 g/mol. The fraction of sp³-hybridized carbons (Fsp3) is 0.625. The third-order valence-electron chi connectivity index (χ3n) is 2.51. The van der Waals surface area contributed by atoms with Crippen LogP contribution >= 0.6 is 0 Å². The van der Waals surface area contributed by atoms with Crippen molar-refractivity contribution in [3.63, 3.8) is 0 Å². The molecule has 2 N–H and O–H groups in total. The van der Waals surface area contributed by atoms with Gasteiger partial charge in [0.1, 0.15) is 12.5 Å². The molecule has 0 spiro atoms. The second kappa shape index (κ2) is 3.84. The number of amides is 1. The fourth-order valence-electron chi connectivity index (χ4n) is 1.80. The van der Waals surface area contributed by atoms with E-state index < -0.39 is 43.2 Å². The minimum atomic E-state index is -1.94. The number of halogens is 1. The number of aliphatic carboxylic acids is 1. The van der Waals surface area contributed by atoms with E-state index in [0.29, 0.717) is 11.2 Å². The zero-order valence-corrected chi connectivity index (χ0v) is 7.72. The number of rotatable bonds is 3. The monoisotopic (exact) mass is 219 g/mol. The Morgan fingerprint density at radius 1 is 1.53 bits per heavy atom. The van der Waals surface area contributed by atoms with Gasteiger partial charge in [0.15, 0.2) is 5.54 Å². The van der Waals surface area contributed by atoms with Crippen molar-refractivity contribution >= 4 is 18.3 Å². The molecule has 0 bridgehead atoms. The van der Waals surface area contributed by atoms with Gasteiger partial charge in [-0.3, -0.25) is 4.90 Å². The summed E-state index contributed by atoms with van der Waals surface area (Å²) < 4.78 is 13.0. The molecule has 1 amide bonds. The van der Waals surface area contributed by atoms with Gasteiger partial charge in [-0.05, 0) is 0 Å². The maximum Gasteiger partial charge on any atom is 0.408 e. The Balaban J connectivity index is 3.08. The zero-order chi connectivity index (χ0) is 11.6. The van der Waals surface area contributed by atoms with Crippen molar-refractivity contribution < 1.29 is 29.0 Å². The van der Waals surface area contributed by atoms with Crippen LogP contribution < -0.4 is 0 Å². The van der Waals surface area contributed by atoms with E-state index in [1.54, 1.807) is 0 Å². The molecule has 0 aromatic heterocycles. The Morgan fingerprint density at radius 3 is 2.53 bits per heavy atom. The molecular formula is C8H10FNO5. The quantitative estimate of drug-likeness (QED) is 0.657. The van der Waals surface area contributed by atoms with E-state index >= 15 is 0 Å². The molecule has 0 aromatic rings. The third-order valence-corrected chi connectivity index (χ3v) is 2.51. The van der Waals surface area contributed by atoms with E-state index in [1.165, 1.54) is 0 Å². The lowest BCUT2D eigenvalue weighted by molar-refractivity contribution is -0.150. The molecule has 1 unspecified atom stereocenters. The first kappa shape index (κ1) is 11.4. The van der Waals surface area contributed by atoms with Crippen LogP contribution in [0.15, 0.2) is 0 Å². The average Bonchev–Trinajstić information content (AvgIpc) is 2.44. The number of carbonyl (C=O) groups excluding carboxylic acids is 1. The van der Waals surface area contributed by atoms with Crippen LogP contribution in [0.2, 0.25) is 0 Å². The standard InChI is InChI=1S/C8H10FNO5/c9-5-3-8(1-2-11,6(12)13)10(4-5)7(14)15/h2,5H,1,3-4H2,(H,12,13)(H,14,15)/t5-,8?/m0/s1. The van der Waals surface area contributed by atoms with Crippen molar-refractivity contribution in [3.05, 3.63) is 0 Å². The summed E-state index contributed by atoms with van der Waals surface area (Å²) in [5.74, 6) is -1.49. The average molecular weight is 219 g/mol. The van der Waals surface area contributed by atoms with Crippen LogP contribution in [-0.2, 0) is 9.59 Å². The molecule has 0 aromatic carbocycles. The van der Waals surface area contributed by atoms with Crippen molar-refractivity contribution in [2.24, 2.45) is 0 Å². The van der Waals surface area contributed by atoms with Crippen LogP contribution in [0, 0.1) is 0 Å². The van der Waals surface area contributed by atoms with Crippen LogP contribution in [0.4, 0.5) is 9.18 Å². The van der Waals surface area contributed by atoms with E-state index in [1.807, 2.05) is 0 Å². The van der Waals surface area contributed by atoms with Crippen LogP contribution in [0.1, 0.15) is 12.8 Å². The molecule has 2 atom stereocenters. The number of likely N-dealkylation sites (tertiary alicyclic amines) is 1. The maximum absolute atomic E-state index is 13.0. The minimum Gasteiger partial charge on any atom is -0.479 e. The Hall–Kier alpha value is -1.66. The van der Waals surface area contributed by atoms with Crippen LogP contribution in [-0.4, -0.2) is 51.7 Å². The van der Waals surface area contributed by atoms with Crippen LogP contribution in [0.25, 0.3) is 0 Å². The summed E-state index contributed by atoms with van der Waals surface area (Å²) in [6, 6.07) is 0. The van der Waals surface area contributed by atoms with Gasteiger partial charge >= 0.3 is 12.1 Å². The van der Waals surface area contributed by atoms with E-state index in [2.05, 4.69) is 0 Å². The number of carboxylic acids is 1. The number of aldehydes is 1. The lowest BCUT2D eigenvalue weighted by Crippen LogP contribution is -2.52. The Labute approximate surface area is 84.3 Å². The van der Waals surface area contributed by atoms with Crippen molar-refractivity contribution in [1.82, 2.24) is 4.90 Å². The first-order valence-corrected chi connectivity index (χ1v) is 4.25. The second-order valence-electron chi connectivity index (χ2n) is 3.40. The summed E-state index contributed by atoms with van der Waals surface area (Å²) in [5.41, 5.74) is -1.94. The summed E-state index contributed by atoms with van der Waals surface area (Å²) >= 11 is 0. The summed E-state index contributed by atoms with van der Waals surface area (Å²) in [6.07, 6.45) is -3.79. The second-order valence-corrected chi connectivity index (χ2v) is 3.40. The Bertz CT molecular complexity index is 307. The first-order chi connectivity index (χ1) is 6.94. The molecule has 1 heterocycles. The molecule has 1 aliphatic heterocycles. The lowest BCUT2D eigenvalue weighted by Gasteiger charge is -2.30. The molecule has 1 fully saturated rings.